The smallest absolute Gasteiger partial charge is 0.264 e. The number of hydrogen-bond acceptors (Lipinski definition) is 3. The molecule has 0 aliphatic carbocycles. The Kier molecular flexibility index (Phi) is 7.72. The largest absolute Gasteiger partial charge is 0.348 e. The molecule has 0 fully saturated rings. The zero-order valence-corrected chi connectivity index (χ0v) is 20.4. The van der Waals surface area contributed by atoms with E-state index in [2.05, 4.69) is 27.9 Å². The summed E-state index contributed by atoms with van der Waals surface area (Å²) in [5.74, 6) is -0.356. The van der Waals surface area contributed by atoms with Crippen LogP contribution in [0, 0.1) is 10.5 Å². The van der Waals surface area contributed by atoms with E-state index >= 15 is 0 Å². The molecule has 1 atom stereocenters. The molecule has 7 heteroatoms. The fourth-order valence-electron chi connectivity index (χ4n) is 3.23. The third kappa shape index (κ3) is 5.86. The minimum Gasteiger partial charge on any atom is -0.348 e. The van der Waals surface area contributed by atoms with Crippen molar-refractivity contribution in [1.29, 1.82) is 0 Å². The van der Waals surface area contributed by atoms with E-state index in [4.69, 9.17) is 0 Å². The molecule has 31 heavy (non-hydrogen) atoms. The molecule has 0 bridgehead atoms. The van der Waals surface area contributed by atoms with Crippen LogP contribution >= 0.6 is 22.6 Å². The number of carbonyl (C=O) groups excluding carboxylic acids is 1. The maximum Gasteiger partial charge on any atom is 0.264 e. The highest BCUT2D eigenvalue weighted by Crippen LogP contribution is 2.25. The molecule has 0 heterocycles. The molecule has 3 aromatic rings. The number of amides is 1. The monoisotopic (exact) mass is 548 g/mol. The van der Waals surface area contributed by atoms with Crippen molar-refractivity contribution in [2.24, 2.45) is 0 Å². The summed E-state index contributed by atoms with van der Waals surface area (Å²) in [6.45, 7) is 3.69. The molecule has 0 saturated heterocycles. The van der Waals surface area contributed by atoms with E-state index in [1.807, 2.05) is 50.2 Å². The highest BCUT2D eigenvalue weighted by molar-refractivity contribution is 14.1. The van der Waals surface area contributed by atoms with Crippen LogP contribution < -0.4 is 9.62 Å². The van der Waals surface area contributed by atoms with Crippen molar-refractivity contribution in [3.8, 4) is 0 Å². The molecule has 0 saturated carbocycles. The van der Waals surface area contributed by atoms with Gasteiger partial charge in [0, 0.05) is 3.57 Å². The van der Waals surface area contributed by atoms with Gasteiger partial charge in [0.05, 0.1) is 16.6 Å². The number of sulfonamides is 1. The summed E-state index contributed by atoms with van der Waals surface area (Å²) >= 11 is 2.16. The fourth-order valence-corrected chi connectivity index (χ4v) is 5.03. The zero-order valence-electron chi connectivity index (χ0n) is 17.5. The standard InChI is InChI=1S/C24H25IN2O3S/c1-3-23(19-11-9-18(2)10-12-19)26-24(28)17-27(21-15-13-20(25)14-16-21)31(29,30)22-7-5-4-6-8-22/h4-16,23H,3,17H2,1-2H3,(H,26,28)/t23-/m1/s1. The Bertz CT molecular complexity index is 1120. The highest BCUT2D eigenvalue weighted by atomic mass is 127. The van der Waals surface area contributed by atoms with Crippen molar-refractivity contribution in [3.05, 3.63) is 93.6 Å². The molecule has 3 aromatic carbocycles. The second kappa shape index (κ2) is 10.3. The first-order valence-corrected chi connectivity index (χ1v) is 12.5. The third-order valence-electron chi connectivity index (χ3n) is 4.96. The van der Waals surface area contributed by atoms with Gasteiger partial charge in [-0.1, -0.05) is 55.0 Å². The fraction of sp³-hybridized carbons (Fsp3) is 0.208. The SMILES string of the molecule is CC[C@@H](NC(=O)CN(c1ccc(I)cc1)S(=O)(=O)c1ccccc1)c1ccc(C)cc1. The van der Waals surface area contributed by atoms with Crippen LogP contribution in [0.15, 0.2) is 83.8 Å². The summed E-state index contributed by atoms with van der Waals surface area (Å²) < 4.78 is 28.9. The molecule has 0 aliphatic heterocycles. The molecule has 0 unspecified atom stereocenters. The maximum atomic E-state index is 13.4. The lowest BCUT2D eigenvalue weighted by molar-refractivity contribution is -0.120. The predicted molar refractivity (Wildman–Crippen MR) is 132 cm³/mol. The first-order valence-electron chi connectivity index (χ1n) is 10.0. The Balaban J connectivity index is 1.88. The zero-order chi connectivity index (χ0) is 22.4. The predicted octanol–water partition coefficient (Wildman–Crippen LogP) is 5.06. The molecule has 162 valence electrons. The van der Waals surface area contributed by atoms with E-state index < -0.39 is 10.0 Å². The molecular formula is C24H25IN2O3S. The van der Waals surface area contributed by atoms with Gasteiger partial charge in [-0.25, -0.2) is 8.42 Å². The molecule has 0 aromatic heterocycles. The van der Waals surface area contributed by atoms with Gasteiger partial charge < -0.3 is 5.32 Å². The lowest BCUT2D eigenvalue weighted by Gasteiger charge is -2.26. The van der Waals surface area contributed by atoms with Gasteiger partial charge in [-0.3, -0.25) is 9.10 Å². The summed E-state index contributed by atoms with van der Waals surface area (Å²) in [5.41, 5.74) is 2.58. The van der Waals surface area contributed by atoms with Crippen molar-refractivity contribution >= 4 is 44.2 Å². The molecule has 5 nitrogen and oxygen atoms in total. The maximum absolute atomic E-state index is 13.4. The summed E-state index contributed by atoms with van der Waals surface area (Å²) in [6, 6.07) is 23.0. The van der Waals surface area contributed by atoms with Gasteiger partial charge in [-0.15, -0.1) is 0 Å². The van der Waals surface area contributed by atoms with Crippen LogP contribution in [0.5, 0.6) is 0 Å². The average Bonchev–Trinajstić information content (AvgIpc) is 2.78. The summed E-state index contributed by atoms with van der Waals surface area (Å²) in [6.07, 6.45) is 0.698. The number of halogens is 1. The lowest BCUT2D eigenvalue weighted by Crippen LogP contribution is -2.42. The number of nitrogens with zero attached hydrogens (tertiary/aromatic N) is 1. The Hall–Kier alpha value is -2.39. The summed E-state index contributed by atoms with van der Waals surface area (Å²) in [7, 11) is -3.90. The van der Waals surface area contributed by atoms with E-state index in [1.165, 1.54) is 12.1 Å². The van der Waals surface area contributed by atoms with E-state index in [1.54, 1.807) is 30.3 Å². The van der Waals surface area contributed by atoms with Crippen LogP contribution in [0.25, 0.3) is 0 Å². The molecule has 1 amide bonds. The second-order valence-corrected chi connectivity index (χ2v) is 10.3. The first-order chi connectivity index (χ1) is 14.8. The molecule has 0 spiro atoms. The second-order valence-electron chi connectivity index (χ2n) is 7.24. The van der Waals surface area contributed by atoms with Crippen molar-refractivity contribution in [3.63, 3.8) is 0 Å². The van der Waals surface area contributed by atoms with Gasteiger partial charge in [0.15, 0.2) is 0 Å². The van der Waals surface area contributed by atoms with Crippen molar-refractivity contribution in [1.82, 2.24) is 5.32 Å². The van der Waals surface area contributed by atoms with Gasteiger partial charge in [-0.05, 0) is 77.9 Å². The van der Waals surface area contributed by atoms with Crippen molar-refractivity contribution < 1.29 is 13.2 Å². The van der Waals surface area contributed by atoms with Crippen molar-refractivity contribution in [2.45, 2.75) is 31.2 Å². The Labute approximate surface area is 197 Å². The Morgan fingerprint density at radius 3 is 2.16 bits per heavy atom. The first kappa shape index (κ1) is 23.3. The molecular weight excluding hydrogens is 523 g/mol. The quantitative estimate of drug-likeness (QED) is 0.401. The van der Waals surface area contributed by atoms with Crippen LogP contribution in [-0.2, 0) is 14.8 Å². The average molecular weight is 548 g/mol. The third-order valence-corrected chi connectivity index (χ3v) is 7.46. The van der Waals surface area contributed by atoms with E-state index in [-0.39, 0.29) is 23.4 Å². The Morgan fingerprint density at radius 2 is 1.58 bits per heavy atom. The molecule has 1 N–H and O–H groups in total. The van der Waals surface area contributed by atoms with Gasteiger partial charge >= 0.3 is 0 Å². The topological polar surface area (TPSA) is 66.5 Å². The number of hydrogen-bond donors (Lipinski definition) is 1. The van der Waals surface area contributed by atoms with Crippen LogP contribution in [0.1, 0.15) is 30.5 Å². The minimum atomic E-state index is -3.90. The summed E-state index contributed by atoms with van der Waals surface area (Å²) in [5, 5.41) is 2.99. The highest BCUT2D eigenvalue weighted by Gasteiger charge is 2.27. The van der Waals surface area contributed by atoms with Gasteiger partial charge in [-0.2, -0.15) is 0 Å². The molecule has 0 aliphatic rings. The van der Waals surface area contributed by atoms with Crippen molar-refractivity contribution in [2.75, 3.05) is 10.8 Å². The number of anilines is 1. The Morgan fingerprint density at radius 1 is 0.968 bits per heavy atom. The normalized spacial score (nSPS) is 12.2. The number of benzene rings is 3. The van der Waals surface area contributed by atoms with E-state index in [0.29, 0.717) is 12.1 Å². The van der Waals surface area contributed by atoms with Crippen LogP contribution in [-0.4, -0.2) is 20.9 Å². The van der Waals surface area contributed by atoms with Crippen LogP contribution in [0.2, 0.25) is 0 Å². The number of nitrogens with one attached hydrogen (secondary N) is 1. The van der Waals surface area contributed by atoms with Gasteiger partial charge in [0.2, 0.25) is 5.91 Å². The summed E-state index contributed by atoms with van der Waals surface area (Å²) in [4.78, 5) is 13.1. The van der Waals surface area contributed by atoms with Crippen LogP contribution in [0.4, 0.5) is 5.69 Å². The number of carbonyl (C=O) groups is 1. The van der Waals surface area contributed by atoms with E-state index in [9.17, 15) is 13.2 Å². The molecule has 0 radical (unpaired) electrons. The lowest BCUT2D eigenvalue weighted by atomic mass is 10.0. The number of rotatable bonds is 8. The van der Waals surface area contributed by atoms with Gasteiger partial charge in [0.1, 0.15) is 6.54 Å². The number of aryl methyl sites for hydroxylation is 1. The van der Waals surface area contributed by atoms with Gasteiger partial charge in [0.25, 0.3) is 10.0 Å². The van der Waals surface area contributed by atoms with Crippen LogP contribution in [0.3, 0.4) is 0 Å². The van der Waals surface area contributed by atoms with E-state index in [0.717, 1.165) is 19.0 Å². The molecule has 3 rings (SSSR count). The minimum absolute atomic E-state index is 0.145.